The lowest BCUT2D eigenvalue weighted by Gasteiger charge is -2.38. The van der Waals surface area contributed by atoms with Gasteiger partial charge in [-0.3, -0.25) is 9.59 Å². The Kier molecular flexibility index (Phi) is 6.61. The van der Waals surface area contributed by atoms with Gasteiger partial charge in [-0.1, -0.05) is 19.1 Å². The summed E-state index contributed by atoms with van der Waals surface area (Å²) in [5.74, 6) is -0.361. The number of hydrogen-bond donors (Lipinski definition) is 2. The van der Waals surface area contributed by atoms with Crippen LogP contribution in [0.5, 0.6) is 5.75 Å². The van der Waals surface area contributed by atoms with Crippen molar-refractivity contribution in [3.8, 4) is 5.75 Å². The van der Waals surface area contributed by atoms with Crippen LogP contribution in [0.3, 0.4) is 0 Å². The van der Waals surface area contributed by atoms with Gasteiger partial charge >= 0.3 is 11.8 Å². The molecule has 0 radical (unpaired) electrons. The summed E-state index contributed by atoms with van der Waals surface area (Å²) in [4.78, 5) is 23.7. The molecule has 1 aromatic carbocycles. The van der Waals surface area contributed by atoms with Gasteiger partial charge in [0.25, 0.3) is 0 Å². The first-order chi connectivity index (χ1) is 11.6. The van der Waals surface area contributed by atoms with Crippen molar-refractivity contribution in [3.63, 3.8) is 0 Å². The first-order valence-corrected chi connectivity index (χ1v) is 8.39. The van der Waals surface area contributed by atoms with Crippen LogP contribution in [0.4, 0.5) is 0 Å². The van der Waals surface area contributed by atoms with Crippen molar-refractivity contribution in [2.75, 3.05) is 33.4 Å². The number of nitrogens with one attached hydrogen (secondary N) is 2. The Balaban J connectivity index is 2.07. The third-order valence-corrected chi connectivity index (χ3v) is 4.48. The summed E-state index contributed by atoms with van der Waals surface area (Å²) >= 11 is 0. The van der Waals surface area contributed by atoms with Crippen molar-refractivity contribution in [2.24, 2.45) is 0 Å². The van der Waals surface area contributed by atoms with Gasteiger partial charge < -0.3 is 20.1 Å². The highest BCUT2D eigenvalue weighted by Gasteiger charge is 2.35. The molecule has 6 heteroatoms. The van der Waals surface area contributed by atoms with Crippen LogP contribution in [-0.4, -0.2) is 45.2 Å². The summed E-state index contributed by atoms with van der Waals surface area (Å²) in [6.45, 7) is 4.15. The molecule has 1 fully saturated rings. The van der Waals surface area contributed by atoms with Crippen LogP contribution < -0.4 is 15.4 Å². The Morgan fingerprint density at radius 2 is 1.75 bits per heavy atom. The number of rotatable bonds is 6. The van der Waals surface area contributed by atoms with E-state index >= 15 is 0 Å². The maximum Gasteiger partial charge on any atom is 0.309 e. The molecule has 0 aliphatic carbocycles. The average molecular weight is 334 g/mol. The number of carbonyl (C=O) groups excluding carboxylic acids is 2. The Hall–Kier alpha value is -2.08. The normalized spacial score (nSPS) is 16.2. The maximum absolute atomic E-state index is 12.0. The van der Waals surface area contributed by atoms with Crippen LogP contribution in [0.2, 0.25) is 0 Å². The van der Waals surface area contributed by atoms with Gasteiger partial charge in [-0.25, -0.2) is 0 Å². The quantitative estimate of drug-likeness (QED) is 0.771. The molecule has 1 aliphatic heterocycles. The minimum atomic E-state index is -0.581. The van der Waals surface area contributed by atoms with Gasteiger partial charge in [-0.05, 0) is 37.0 Å². The Morgan fingerprint density at radius 3 is 2.33 bits per heavy atom. The number of carbonyl (C=O) groups is 2. The van der Waals surface area contributed by atoms with Crippen LogP contribution >= 0.6 is 0 Å². The second-order valence-electron chi connectivity index (χ2n) is 6.06. The molecular formula is C18H26N2O4. The van der Waals surface area contributed by atoms with Crippen molar-refractivity contribution < 1.29 is 19.1 Å². The fourth-order valence-electron chi connectivity index (χ4n) is 2.92. The molecule has 2 rings (SSSR count). The topological polar surface area (TPSA) is 76.7 Å². The van der Waals surface area contributed by atoms with Crippen molar-refractivity contribution in [1.82, 2.24) is 10.6 Å². The van der Waals surface area contributed by atoms with E-state index in [1.165, 1.54) is 0 Å². The molecule has 132 valence electrons. The molecule has 0 unspecified atom stereocenters. The molecule has 24 heavy (non-hydrogen) atoms. The lowest BCUT2D eigenvalue weighted by molar-refractivity contribution is -0.139. The Bertz CT molecular complexity index is 551. The van der Waals surface area contributed by atoms with E-state index in [1.54, 1.807) is 7.11 Å². The molecule has 0 saturated carbocycles. The first-order valence-electron chi connectivity index (χ1n) is 8.39. The summed E-state index contributed by atoms with van der Waals surface area (Å²) in [5.41, 5.74) is 0.909. The minimum Gasteiger partial charge on any atom is -0.497 e. The molecule has 0 bridgehead atoms. The SMILES string of the molecule is CCCNC(=O)C(=O)NCC1(c2ccc(OC)cc2)CCOCC1. The van der Waals surface area contributed by atoms with E-state index in [1.807, 2.05) is 31.2 Å². The molecule has 6 nitrogen and oxygen atoms in total. The highest BCUT2D eigenvalue weighted by Crippen LogP contribution is 2.35. The monoisotopic (exact) mass is 334 g/mol. The number of benzene rings is 1. The fraction of sp³-hybridized carbons (Fsp3) is 0.556. The number of hydrogen-bond acceptors (Lipinski definition) is 4. The number of amides is 2. The van der Waals surface area contributed by atoms with E-state index in [2.05, 4.69) is 10.6 Å². The van der Waals surface area contributed by atoms with Gasteiger partial charge in [0, 0.05) is 31.7 Å². The summed E-state index contributed by atoms with van der Waals surface area (Å²) in [6, 6.07) is 7.88. The molecule has 1 heterocycles. The zero-order valence-corrected chi connectivity index (χ0v) is 14.4. The molecule has 2 N–H and O–H groups in total. The zero-order chi connectivity index (χ0) is 17.4. The summed E-state index contributed by atoms with van der Waals surface area (Å²) in [6.07, 6.45) is 2.40. The van der Waals surface area contributed by atoms with Crippen LogP contribution in [0.25, 0.3) is 0 Å². The average Bonchev–Trinajstić information content (AvgIpc) is 2.65. The van der Waals surface area contributed by atoms with E-state index in [9.17, 15) is 9.59 Å². The van der Waals surface area contributed by atoms with Crippen LogP contribution in [0.1, 0.15) is 31.7 Å². The van der Waals surface area contributed by atoms with Gasteiger partial charge in [0.15, 0.2) is 0 Å². The van der Waals surface area contributed by atoms with Crippen molar-refractivity contribution in [3.05, 3.63) is 29.8 Å². The zero-order valence-electron chi connectivity index (χ0n) is 14.4. The van der Waals surface area contributed by atoms with Gasteiger partial charge in [0.1, 0.15) is 5.75 Å². The van der Waals surface area contributed by atoms with Crippen molar-refractivity contribution in [1.29, 1.82) is 0 Å². The predicted molar refractivity (Wildman–Crippen MR) is 91.0 cm³/mol. The first kappa shape index (κ1) is 18.3. The molecular weight excluding hydrogens is 308 g/mol. The van der Waals surface area contributed by atoms with Crippen LogP contribution in [0, 0.1) is 0 Å². The molecule has 0 spiro atoms. The summed E-state index contributed by atoms with van der Waals surface area (Å²) < 4.78 is 10.7. The summed E-state index contributed by atoms with van der Waals surface area (Å²) in [5, 5.41) is 5.39. The van der Waals surface area contributed by atoms with Gasteiger partial charge in [-0.2, -0.15) is 0 Å². The van der Waals surface area contributed by atoms with Crippen molar-refractivity contribution >= 4 is 11.8 Å². The van der Waals surface area contributed by atoms with Gasteiger partial charge in [0.05, 0.1) is 7.11 Å². The second-order valence-corrected chi connectivity index (χ2v) is 6.06. The summed E-state index contributed by atoms with van der Waals surface area (Å²) in [7, 11) is 1.63. The van der Waals surface area contributed by atoms with E-state index in [0.717, 1.165) is 30.6 Å². The van der Waals surface area contributed by atoms with E-state index in [4.69, 9.17) is 9.47 Å². The second kappa shape index (κ2) is 8.68. The fourth-order valence-corrected chi connectivity index (χ4v) is 2.92. The highest BCUT2D eigenvalue weighted by molar-refractivity contribution is 6.35. The van der Waals surface area contributed by atoms with Crippen molar-refractivity contribution in [2.45, 2.75) is 31.6 Å². The third-order valence-electron chi connectivity index (χ3n) is 4.48. The maximum atomic E-state index is 12.0. The third kappa shape index (κ3) is 4.47. The molecule has 1 saturated heterocycles. The Morgan fingerprint density at radius 1 is 1.12 bits per heavy atom. The largest absolute Gasteiger partial charge is 0.497 e. The van der Waals surface area contributed by atoms with Gasteiger partial charge in [0.2, 0.25) is 0 Å². The number of ether oxygens (including phenoxy) is 2. The molecule has 2 amide bonds. The van der Waals surface area contributed by atoms with E-state index in [0.29, 0.717) is 26.3 Å². The predicted octanol–water partition coefficient (Wildman–Crippen LogP) is 1.39. The van der Waals surface area contributed by atoms with E-state index < -0.39 is 11.8 Å². The lowest BCUT2D eigenvalue weighted by atomic mass is 9.74. The minimum absolute atomic E-state index is 0.217. The molecule has 0 atom stereocenters. The smallest absolute Gasteiger partial charge is 0.309 e. The van der Waals surface area contributed by atoms with Crippen LogP contribution in [0.15, 0.2) is 24.3 Å². The molecule has 1 aliphatic rings. The standard InChI is InChI=1S/C18H26N2O4/c1-3-10-19-16(21)17(22)20-13-18(8-11-24-12-9-18)14-4-6-15(23-2)7-5-14/h4-7H,3,8-13H2,1-2H3,(H,19,21)(H,20,22). The Labute approximate surface area is 142 Å². The molecule has 0 aromatic heterocycles. The lowest BCUT2D eigenvalue weighted by Crippen LogP contribution is -2.48. The van der Waals surface area contributed by atoms with E-state index in [-0.39, 0.29) is 5.41 Å². The molecule has 1 aromatic rings. The van der Waals surface area contributed by atoms with Crippen LogP contribution in [-0.2, 0) is 19.7 Å². The van der Waals surface area contributed by atoms with Gasteiger partial charge in [-0.15, -0.1) is 0 Å². The highest BCUT2D eigenvalue weighted by atomic mass is 16.5. The number of methoxy groups -OCH3 is 1.